The zero-order valence-corrected chi connectivity index (χ0v) is 41.1. The van der Waals surface area contributed by atoms with Crippen LogP contribution in [0.1, 0.15) is 166 Å². The standard InChI is InChI=1S/C58H81FO7/c1-8-11-12-15-42-18-20-44(21-19-42)45-22-24-46(25-23-45)47-26-29-53(54(59)37-47)48-27-28-52(43(9-2)34-48)51-35-49(16-13-31-65-56(62)40(4)5)55(64-33-30-58(10-3,38-60)39-61)50(36-51)17-14-32-66-57(63)41(6)7/h26-29,34-37,42,44-46,60-61H,4,6,8-25,30-33,38-39H2,1-3,5,7H3. The van der Waals surface area contributed by atoms with E-state index in [1.807, 2.05) is 19.1 Å². The van der Waals surface area contributed by atoms with Crippen molar-refractivity contribution in [2.45, 2.75) is 163 Å². The molecule has 3 aromatic rings. The number of unbranched alkanes of at least 4 members (excludes halogenated alkanes) is 2. The predicted octanol–water partition coefficient (Wildman–Crippen LogP) is 13.6. The zero-order valence-electron chi connectivity index (χ0n) is 41.1. The molecule has 0 unspecified atom stereocenters. The third-order valence-corrected chi connectivity index (χ3v) is 15.0. The number of halogens is 1. The van der Waals surface area contributed by atoms with Gasteiger partial charge in [-0.15, -0.1) is 0 Å². The topological polar surface area (TPSA) is 102 Å². The van der Waals surface area contributed by atoms with E-state index in [-0.39, 0.29) is 38.9 Å². The molecule has 2 aliphatic rings. The number of carbonyl (C=O) groups is 2. The summed E-state index contributed by atoms with van der Waals surface area (Å²) in [6.45, 7) is 17.4. The van der Waals surface area contributed by atoms with E-state index in [9.17, 15) is 19.8 Å². The number of rotatable bonds is 26. The van der Waals surface area contributed by atoms with Crippen LogP contribution in [0.15, 0.2) is 72.8 Å². The average Bonchev–Trinajstić information content (AvgIpc) is 3.33. The van der Waals surface area contributed by atoms with Crippen molar-refractivity contribution >= 4 is 11.9 Å². The fourth-order valence-corrected chi connectivity index (χ4v) is 10.5. The Labute approximate surface area is 396 Å². The van der Waals surface area contributed by atoms with Crippen LogP contribution in [0.3, 0.4) is 0 Å². The molecule has 2 aliphatic carbocycles. The normalized spacial score (nSPS) is 18.7. The molecule has 0 spiro atoms. The van der Waals surface area contributed by atoms with Crippen LogP contribution in [0.4, 0.5) is 4.39 Å². The maximum Gasteiger partial charge on any atom is 0.333 e. The Morgan fingerprint density at radius 3 is 1.76 bits per heavy atom. The predicted molar refractivity (Wildman–Crippen MR) is 266 cm³/mol. The van der Waals surface area contributed by atoms with Gasteiger partial charge in [-0.05, 0) is 178 Å². The lowest BCUT2D eigenvalue weighted by Gasteiger charge is -2.38. The minimum Gasteiger partial charge on any atom is -0.493 e. The van der Waals surface area contributed by atoms with Crippen molar-refractivity contribution in [3.8, 4) is 28.0 Å². The van der Waals surface area contributed by atoms with E-state index in [0.717, 1.165) is 76.0 Å². The molecule has 7 nitrogen and oxygen atoms in total. The number of esters is 2. The number of aliphatic hydroxyl groups excluding tert-OH is 2. The van der Waals surface area contributed by atoms with Gasteiger partial charge in [0.2, 0.25) is 0 Å². The minimum atomic E-state index is -0.670. The molecule has 0 saturated heterocycles. The molecule has 0 aliphatic heterocycles. The monoisotopic (exact) mass is 909 g/mol. The van der Waals surface area contributed by atoms with Crippen molar-refractivity contribution in [3.05, 3.63) is 101 Å². The molecular weight excluding hydrogens is 828 g/mol. The van der Waals surface area contributed by atoms with Crippen LogP contribution in [0, 0.1) is 29.0 Å². The van der Waals surface area contributed by atoms with E-state index < -0.39 is 17.4 Å². The van der Waals surface area contributed by atoms with Crippen LogP contribution in [0.25, 0.3) is 22.3 Å². The van der Waals surface area contributed by atoms with Crippen LogP contribution in [-0.4, -0.2) is 55.2 Å². The molecule has 0 bridgehead atoms. The highest BCUT2D eigenvalue weighted by molar-refractivity contribution is 5.87. The van der Waals surface area contributed by atoms with Crippen molar-refractivity contribution < 1.29 is 38.4 Å². The van der Waals surface area contributed by atoms with Gasteiger partial charge in [-0.25, -0.2) is 14.0 Å². The molecule has 3 aromatic carbocycles. The summed E-state index contributed by atoms with van der Waals surface area (Å²) in [6, 6.07) is 16.4. The molecule has 0 aromatic heterocycles. The van der Waals surface area contributed by atoms with Crippen LogP contribution in [0.5, 0.6) is 5.75 Å². The number of ether oxygens (including phenoxy) is 3. The van der Waals surface area contributed by atoms with Gasteiger partial charge in [0.15, 0.2) is 0 Å². The highest BCUT2D eigenvalue weighted by atomic mass is 19.1. The van der Waals surface area contributed by atoms with Gasteiger partial charge in [0, 0.05) is 22.1 Å². The Hall–Kier alpha value is -4.27. The van der Waals surface area contributed by atoms with E-state index in [4.69, 9.17) is 14.2 Å². The molecule has 8 heteroatoms. The van der Waals surface area contributed by atoms with Gasteiger partial charge in [0.05, 0.1) is 33.0 Å². The number of hydrogen-bond donors (Lipinski definition) is 2. The molecule has 66 heavy (non-hydrogen) atoms. The van der Waals surface area contributed by atoms with Crippen LogP contribution >= 0.6 is 0 Å². The Bertz CT molecular complexity index is 1990. The van der Waals surface area contributed by atoms with E-state index in [1.54, 1.807) is 19.9 Å². The summed E-state index contributed by atoms with van der Waals surface area (Å²) in [5.74, 6) is 2.71. The maximum atomic E-state index is 16.2. The van der Waals surface area contributed by atoms with E-state index in [1.165, 1.54) is 64.2 Å². The summed E-state index contributed by atoms with van der Waals surface area (Å²) < 4.78 is 33.8. The quantitative estimate of drug-likeness (QED) is 0.0470. The second-order valence-corrected chi connectivity index (χ2v) is 19.8. The Kier molecular flexibility index (Phi) is 21.0. The van der Waals surface area contributed by atoms with E-state index in [0.29, 0.717) is 66.9 Å². The summed E-state index contributed by atoms with van der Waals surface area (Å²) in [6.07, 6.45) is 19.9. The first-order valence-corrected chi connectivity index (χ1v) is 25.4. The van der Waals surface area contributed by atoms with Crippen molar-refractivity contribution in [3.63, 3.8) is 0 Å². The smallest absolute Gasteiger partial charge is 0.333 e. The van der Waals surface area contributed by atoms with Crippen LogP contribution in [-0.2, 0) is 38.3 Å². The molecule has 2 fully saturated rings. The Morgan fingerprint density at radius 2 is 1.24 bits per heavy atom. The highest BCUT2D eigenvalue weighted by Gasteiger charge is 2.32. The summed E-state index contributed by atoms with van der Waals surface area (Å²) in [4.78, 5) is 24.5. The molecule has 0 amide bonds. The molecule has 0 radical (unpaired) electrons. The molecule has 362 valence electrons. The summed E-state index contributed by atoms with van der Waals surface area (Å²) in [7, 11) is 0. The van der Waals surface area contributed by atoms with Crippen molar-refractivity contribution in [2.75, 3.05) is 33.0 Å². The lowest BCUT2D eigenvalue weighted by Crippen LogP contribution is -2.31. The SMILES string of the molecule is C=C(C)C(=O)OCCCc1cc(-c2ccc(-c3ccc(C4CCC(C5CCC(CCCCC)CC5)CC4)cc3F)cc2CC)cc(CCCOC(=O)C(=C)C)c1OCCC(CC)(CO)CO. The van der Waals surface area contributed by atoms with Crippen LogP contribution < -0.4 is 4.74 Å². The van der Waals surface area contributed by atoms with Gasteiger partial charge in [0.25, 0.3) is 0 Å². The maximum absolute atomic E-state index is 16.2. The van der Waals surface area contributed by atoms with Crippen molar-refractivity contribution in [1.29, 1.82) is 0 Å². The molecule has 2 N–H and O–H groups in total. The van der Waals surface area contributed by atoms with Gasteiger partial charge >= 0.3 is 11.9 Å². The molecule has 2 saturated carbocycles. The largest absolute Gasteiger partial charge is 0.493 e. The van der Waals surface area contributed by atoms with Gasteiger partial charge in [0.1, 0.15) is 11.6 Å². The van der Waals surface area contributed by atoms with Gasteiger partial charge in [-0.3, -0.25) is 0 Å². The molecule has 5 rings (SSSR count). The summed E-state index contributed by atoms with van der Waals surface area (Å²) in [5.41, 5.74) is 7.54. The van der Waals surface area contributed by atoms with E-state index in [2.05, 4.69) is 57.3 Å². The van der Waals surface area contributed by atoms with E-state index >= 15 is 4.39 Å². The van der Waals surface area contributed by atoms with Gasteiger partial charge in [-0.2, -0.15) is 0 Å². The lowest BCUT2D eigenvalue weighted by atomic mass is 9.68. The first kappa shape index (κ1) is 52.7. The first-order chi connectivity index (χ1) is 31.8. The average molecular weight is 909 g/mol. The molecule has 0 heterocycles. The fraction of sp³-hybridized carbons (Fsp3) is 0.586. The zero-order chi connectivity index (χ0) is 47.6. The molecule has 0 atom stereocenters. The molecular formula is C58H81FO7. The minimum absolute atomic E-state index is 0.158. The van der Waals surface area contributed by atoms with Crippen molar-refractivity contribution in [1.82, 2.24) is 0 Å². The first-order valence-electron chi connectivity index (χ1n) is 25.4. The lowest BCUT2D eigenvalue weighted by molar-refractivity contribution is -0.139. The highest BCUT2D eigenvalue weighted by Crippen LogP contribution is 2.45. The van der Waals surface area contributed by atoms with Crippen LogP contribution in [0.2, 0.25) is 0 Å². The number of hydrogen-bond acceptors (Lipinski definition) is 7. The number of carbonyl (C=O) groups excluding carboxylic acids is 2. The Balaban J connectivity index is 1.37. The Morgan fingerprint density at radius 1 is 0.682 bits per heavy atom. The third kappa shape index (κ3) is 14.6. The summed E-state index contributed by atoms with van der Waals surface area (Å²) in [5, 5.41) is 20.3. The van der Waals surface area contributed by atoms with Gasteiger partial charge < -0.3 is 24.4 Å². The second kappa shape index (κ2) is 26.3. The fourth-order valence-electron chi connectivity index (χ4n) is 10.5. The number of benzene rings is 3. The summed E-state index contributed by atoms with van der Waals surface area (Å²) >= 11 is 0. The third-order valence-electron chi connectivity index (χ3n) is 15.0. The number of aliphatic hydroxyl groups is 2. The second-order valence-electron chi connectivity index (χ2n) is 19.8. The number of aryl methyl sites for hydroxylation is 3. The van der Waals surface area contributed by atoms with Gasteiger partial charge in [-0.1, -0.05) is 103 Å². The van der Waals surface area contributed by atoms with Crippen molar-refractivity contribution in [2.24, 2.45) is 23.2 Å².